The molecule has 0 aliphatic carbocycles. The molecule has 0 heterocycles. The van der Waals surface area contributed by atoms with E-state index in [9.17, 15) is 9.59 Å². The third-order valence-electron chi connectivity index (χ3n) is 2.82. The molecule has 0 N–H and O–H groups in total. The van der Waals surface area contributed by atoms with Gasteiger partial charge in [-0.25, -0.2) is 0 Å². The fraction of sp³-hybridized carbons (Fsp3) is 0.833. The fourth-order valence-electron chi connectivity index (χ4n) is 1.62. The molecule has 0 spiro atoms. The first-order valence-electron chi connectivity index (χ1n) is 5.59. The molecule has 0 aromatic rings. The van der Waals surface area contributed by atoms with E-state index in [2.05, 4.69) is 4.74 Å². The number of esters is 2. The summed E-state index contributed by atoms with van der Waals surface area (Å²) in [5, 5.41) is 0. The first-order chi connectivity index (χ1) is 7.43. The van der Waals surface area contributed by atoms with Crippen molar-refractivity contribution in [2.24, 2.45) is 17.8 Å². The maximum Gasteiger partial charge on any atom is 0.308 e. The normalized spacial score (nSPS) is 14.4. The van der Waals surface area contributed by atoms with E-state index in [1.807, 2.05) is 13.8 Å². The van der Waals surface area contributed by atoms with Crippen LogP contribution in [0.4, 0.5) is 0 Å². The summed E-state index contributed by atoms with van der Waals surface area (Å²) in [6, 6.07) is 0. The van der Waals surface area contributed by atoms with Gasteiger partial charge in [-0.2, -0.15) is 0 Å². The van der Waals surface area contributed by atoms with E-state index in [0.717, 1.165) is 0 Å². The van der Waals surface area contributed by atoms with E-state index in [-0.39, 0.29) is 29.7 Å². The van der Waals surface area contributed by atoms with Crippen molar-refractivity contribution in [3.05, 3.63) is 0 Å². The van der Waals surface area contributed by atoms with Crippen molar-refractivity contribution in [1.82, 2.24) is 0 Å². The Hall–Kier alpha value is -1.06. The smallest absolute Gasteiger partial charge is 0.308 e. The maximum absolute atomic E-state index is 11.5. The first-order valence-corrected chi connectivity index (χ1v) is 5.59. The second kappa shape index (κ2) is 7.25. The Kier molecular flexibility index (Phi) is 6.77. The highest BCUT2D eigenvalue weighted by Gasteiger charge is 2.24. The van der Waals surface area contributed by atoms with Crippen molar-refractivity contribution in [3.8, 4) is 0 Å². The predicted octanol–water partition coefficient (Wildman–Crippen LogP) is 2.02. The van der Waals surface area contributed by atoms with Crippen molar-refractivity contribution in [3.63, 3.8) is 0 Å². The van der Waals surface area contributed by atoms with Gasteiger partial charge in [0.25, 0.3) is 0 Å². The molecule has 0 aromatic heterocycles. The van der Waals surface area contributed by atoms with Gasteiger partial charge in [-0.15, -0.1) is 0 Å². The minimum absolute atomic E-state index is 0.142. The highest BCUT2D eigenvalue weighted by molar-refractivity contribution is 5.73. The van der Waals surface area contributed by atoms with E-state index in [0.29, 0.717) is 12.8 Å². The van der Waals surface area contributed by atoms with Crippen LogP contribution in [0.2, 0.25) is 0 Å². The molecular weight excluding hydrogens is 208 g/mol. The van der Waals surface area contributed by atoms with Gasteiger partial charge in [-0.3, -0.25) is 9.59 Å². The van der Waals surface area contributed by atoms with Gasteiger partial charge in [0.05, 0.1) is 26.1 Å². The van der Waals surface area contributed by atoms with Gasteiger partial charge in [-0.1, -0.05) is 20.8 Å². The summed E-state index contributed by atoms with van der Waals surface area (Å²) in [6.45, 7) is 5.76. The summed E-state index contributed by atoms with van der Waals surface area (Å²) in [5.74, 6) is -0.523. The van der Waals surface area contributed by atoms with Gasteiger partial charge < -0.3 is 9.47 Å². The van der Waals surface area contributed by atoms with E-state index < -0.39 is 0 Å². The predicted molar refractivity (Wildman–Crippen MR) is 60.8 cm³/mol. The Morgan fingerprint density at radius 1 is 0.938 bits per heavy atom. The number of carbonyl (C=O) groups excluding carboxylic acids is 2. The summed E-state index contributed by atoms with van der Waals surface area (Å²) in [4.78, 5) is 22.7. The summed E-state index contributed by atoms with van der Waals surface area (Å²) in [6.07, 6.45) is 1.30. The van der Waals surface area contributed by atoms with Gasteiger partial charge in [0.15, 0.2) is 0 Å². The second-order valence-electron chi connectivity index (χ2n) is 4.38. The molecule has 0 saturated heterocycles. The third kappa shape index (κ3) is 4.64. The van der Waals surface area contributed by atoms with Crippen molar-refractivity contribution < 1.29 is 19.1 Å². The second-order valence-corrected chi connectivity index (χ2v) is 4.38. The highest BCUT2D eigenvalue weighted by atomic mass is 16.5. The average molecular weight is 230 g/mol. The van der Waals surface area contributed by atoms with Gasteiger partial charge >= 0.3 is 11.9 Å². The molecule has 0 aromatic carbocycles. The van der Waals surface area contributed by atoms with Crippen molar-refractivity contribution in [2.45, 2.75) is 33.6 Å². The largest absolute Gasteiger partial charge is 0.469 e. The minimum atomic E-state index is -0.229. The van der Waals surface area contributed by atoms with Crippen LogP contribution in [-0.4, -0.2) is 26.2 Å². The summed E-state index contributed by atoms with van der Waals surface area (Å²) in [5.41, 5.74) is 0. The van der Waals surface area contributed by atoms with E-state index in [1.54, 1.807) is 6.92 Å². The quantitative estimate of drug-likeness (QED) is 0.655. The monoisotopic (exact) mass is 230 g/mol. The molecule has 0 fully saturated rings. The topological polar surface area (TPSA) is 52.6 Å². The summed E-state index contributed by atoms with van der Waals surface area (Å²) in [7, 11) is 2.76. The minimum Gasteiger partial charge on any atom is -0.469 e. The number of methoxy groups -OCH3 is 2. The molecule has 0 bridgehead atoms. The molecule has 2 unspecified atom stereocenters. The SMILES string of the molecule is COC(=O)C(C)CCC(C(=O)OC)C(C)C. The molecule has 0 saturated carbocycles. The highest BCUT2D eigenvalue weighted by Crippen LogP contribution is 2.21. The zero-order valence-electron chi connectivity index (χ0n) is 10.8. The van der Waals surface area contributed by atoms with Crippen LogP contribution in [0.3, 0.4) is 0 Å². The van der Waals surface area contributed by atoms with Crippen LogP contribution in [0.1, 0.15) is 33.6 Å². The lowest BCUT2D eigenvalue weighted by molar-refractivity contribution is -0.149. The third-order valence-corrected chi connectivity index (χ3v) is 2.82. The molecule has 16 heavy (non-hydrogen) atoms. The molecule has 0 aliphatic heterocycles. The lowest BCUT2D eigenvalue weighted by Crippen LogP contribution is -2.23. The first kappa shape index (κ1) is 14.9. The average Bonchev–Trinajstić information content (AvgIpc) is 2.26. The van der Waals surface area contributed by atoms with Crippen LogP contribution in [0, 0.1) is 17.8 Å². The molecule has 0 radical (unpaired) electrons. The van der Waals surface area contributed by atoms with Crippen molar-refractivity contribution in [1.29, 1.82) is 0 Å². The van der Waals surface area contributed by atoms with Gasteiger partial charge in [-0.05, 0) is 18.8 Å². The van der Waals surface area contributed by atoms with Gasteiger partial charge in [0, 0.05) is 0 Å². The number of rotatable bonds is 6. The number of hydrogen-bond acceptors (Lipinski definition) is 4. The standard InChI is InChI=1S/C12H22O4/c1-8(2)10(12(14)16-5)7-6-9(3)11(13)15-4/h8-10H,6-7H2,1-5H3. The van der Waals surface area contributed by atoms with Crippen molar-refractivity contribution >= 4 is 11.9 Å². The van der Waals surface area contributed by atoms with Gasteiger partial charge in [0.2, 0.25) is 0 Å². The molecule has 0 aliphatic rings. The number of carbonyl (C=O) groups is 2. The molecule has 2 atom stereocenters. The van der Waals surface area contributed by atoms with E-state index in [4.69, 9.17) is 4.74 Å². The maximum atomic E-state index is 11.5. The lowest BCUT2D eigenvalue weighted by atomic mass is 9.88. The van der Waals surface area contributed by atoms with Crippen LogP contribution in [0.25, 0.3) is 0 Å². The van der Waals surface area contributed by atoms with Crippen LogP contribution >= 0.6 is 0 Å². The Bertz CT molecular complexity index is 235. The molecule has 0 rings (SSSR count). The Balaban J connectivity index is 4.22. The molecular formula is C12H22O4. The molecule has 94 valence electrons. The van der Waals surface area contributed by atoms with Crippen LogP contribution in [0.15, 0.2) is 0 Å². The summed E-state index contributed by atoms with van der Waals surface area (Å²) < 4.78 is 9.37. The fourth-order valence-corrected chi connectivity index (χ4v) is 1.62. The Morgan fingerprint density at radius 3 is 1.81 bits per heavy atom. The van der Waals surface area contributed by atoms with Crippen LogP contribution in [0.5, 0.6) is 0 Å². The lowest BCUT2D eigenvalue weighted by Gasteiger charge is -2.19. The Labute approximate surface area is 97.3 Å². The molecule has 4 heteroatoms. The zero-order valence-corrected chi connectivity index (χ0v) is 10.8. The molecule has 0 amide bonds. The van der Waals surface area contributed by atoms with Crippen molar-refractivity contribution in [2.75, 3.05) is 14.2 Å². The Morgan fingerprint density at radius 2 is 1.44 bits per heavy atom. The zero-order chi connectivity index (χ0) is 12.7. The number of ether oxygens (including phenoxy) is 2. The summed E-state index contributed by atoms with van der Waals surface area (Å²) >= 11 is 0. The van der Waals surface area contributed by atoms with E-state index in [1.165, 1.54) is 14.2 Å². The van der Waals surface area contributed by atoms with Gasteiger partial charge in [0.1, 0.15) is 0 Å². The molecule has 4 nitrogen and oxygen atoms in total. The van der Waals surface area contributed by atoms with E-state index >= 15 is 0 Å². The van der Waals surface area contributed by atoms with Crippen LogP contribution in [-0.2, 0) is 19.1 Å². The number of hydrogen-bond donors (Lipinski definition) is 0. The van der Waals surface area contributed by atoms with Crippen LogP contribution < -0.4 is 0 Å².